The zero-order valence-electron chi connectivity index (χ0n) is 8.60. The number of carboxylic acid groups (broad SMARTS) is 2. The van der Waals surface area contributed by atoms with Crippen LogP contribution in [-0.4, -0.2) is 41.7 Å². The summed E-state index contributed by atoms with van der Waals surface area (Å²) in [5, 5.41) is 17.5. The molecular formula is C9H14O6. The lowest BCUT2D eigenvalue weighted by atomic mass is 9.99. The molecule has 6 nitrogen and oxygen atoms in total. The van der Waals surface area contributed by atoms with E-state index in [9.17, 15) is 9.59 Å². The number of ether oxygens (including phenoxy) is 2. The molecule has 0 saturated carbocycles. The second-order valence-electron chi connectivity index (χ2n) is 2.82. The molecule has 2 N–H and O–H groups in total. The van der Waals surface area contributed by atoms with Crippen molar-refractivity contribution in [2.45, 2.75) is 18.9 Å². The normalized spacial score (nSPS) is 15.1. The largest absolute Gasteiger partial charge is 0.481 e. The van der Waals surface area contributed by atoms with E-state index < -0.39 is 24.0 Å². The lowest BCUT2D eigenvalue weighted by molar-refractivity contribution is -0.178. The maximum Gasteiger partial charge on any atom is 0.340 e. The molecule has 0 fully saturated rings. The minimum absolute atomic E-state index is 0.288. The molecule has 0 aliphatic heterocycles. The van der Waals surface area contributed by atoms with Gasteiger partial charge in [-0.15, -0.1) is 0 Å². The van der Waals surface area contributed by atoms with Crippen molar-refractivity contribution >= 4 is 11.9 Å². The van der Waals surface area contributed by atoms with Gasteiger partial charge in [0.15, 0.2) is 5.60 Å². The summed E-state index contributed by atoms with van der Waals surface area (Å²) < 4.78 is 9.47. The highest BCUT2D eigenvalue weighted by Crippen LogP contribution is 2.19. The third kappa shape index (κ3) is 4.09. The van der Waals surface area contributed by atoms with Gasteiger partial charge in [-0.2, -0.15) is 0 Å². The Labute approximate surface area is 87.1 Å². The summed E-state index contributed by atoms with van der Waals surface area (Å²) in [6, 6.07) is 0. The fourth-order valence-electron chi connectivity index (χ4n) is 1.02. The van der Waals surface area contributed by atoms with E-state index in [4.69, 9.17) is 14.9 Å². The number of allylic oxidation sites excluding steroid dienone is 1. The summed E-state index contributed by atoms with van der Waals surface area (Å²) in [6.07, 6.45) is 1.95. The molecule has 0 radical (unpaired) electrons. The molecule has 0 spiro atoms. The smallest absolute Gasteiger partial charge is 0.340 e. The molecule has 0 aliphatic rings. The van der Waals surface area contributed by atoms with Gasteiger partial charge in [0.2, 0.25) is 0 Å². The molecule has 1 atom stereocenters. The van der Waals surface area contributed by atoms with E-state index in [2.05, 4.69) is 4.74 Å². The van der Waals surface area contributed by atoms with E-state index in [0.717, 1.165) is 0 Å². The zero-order valence-corrected chi connectivity index (χ0v) is 8.60. The highest BCUT2D eigenvalue weighted by molar-refractivity contribution is 5.86. The molecule has 0 heterocycles. The Hall–Kier alpha value is -1.40. The maximum absolute atomic E-state index is 11.0. The van der Waals surface area contributed by atoms with Gasteiger partial charge in [0.25, 0.3) is 0 Å². The molecular weight excluding hydrogens is 204 g/mol. The molecule has 0 aliphatic carbocycles. The van der Waals surface area contributed by atoms with Gasteiger partial charge in [-0.3, -0.25) is 4.79 Å². The highest BCUT2D eigenvalue weighted by Gasteiger charge is 2.39. The van der Waals surface area contributed by atoms with E-state index in [1.807, 2.05) is 0 Å². The summed E-state index contributed by atoms with van der Waals surface area (Å²) in [6.45, 7) is 1.29. The molecule has 0 aromatic heterocycles. The van der Waals surface area contributed by atoms with Crippen molar-refractivity contribution in [3.63, 3.8) is 0 Å². The zero-order chi connectivity index (χ0) is 11.9. The van der Waals surface area contributed by atoms with Crippen LogP contribution in [0.15, 0.2) is 12.2 Å². The quantitative estimate of drug-likeness (QED) is 0.477. The van der Waals surface area contributed by atoms with Crippen LogP contribution >= 0.6 is 0 Å². The van der Waals surface area contributed by atoms with Crippen LogP contribution in [0, 0.1) is 0 Å². The van der Waals surface area contributed by atoms with Crippen molar-refractivity contribution in [2.24, 2.45) is 0 Å². The van der Waals surface area contributed by atoms with Gasteiger partial charge in [0, 0.05) is 7.11 Å². The Bertz CT molecular complexity index is 259. The average molecular weight is 218 g/mol. The summed E-state index contributed by atoms with van der Waals surface area (Å²) in [5.74, 6) is -2.62. The van der Waals surface area contributed by atoms with Crippen LogP contribution in [-0.2, 0) is 19.1 Å². The Morgan fingerprint density at radius 3 is 2.33 bits per heavy atom. The van der Waals surface area contributed by atoms with Gasteiger partial charge in [0.1, 0.15) is 6.79 Å². The van der Waals surface area contributed by atoms with Crippen LogP contribution in [0.2, 0.25) is 0 Å². The molecule has 0 rings (SSSR count). The van der Waals surface area contributed by atoms with E-state index in [1.54, 1.807) is 6.92 Å². The van der Waals surface area contributed by atoms with Crippen LogP contribution in [0.25, 0.3) is 0 Å². The molecule has 0 amide bonds. The van der Waals surface area contributed by atoms with Crippen molar-refractivity contribution < 1.29 is 29.3 Å². The predicted molar refractivity (Wildman–Crippen MR) is 50.4 cm³/mol. The van der Waals surface area contributed by atoms with Gasteiger partial charge >= 0.3 is 11.9 Å². The molecule has 6 heteroatoms. The first kappa shape index (κ1) is 13.6. The van der Waals surface area contributed by atoms with Gasteiger partial charge in [-0.1, -0.05) is 6.08 Å². The third-order valence-corrected chi connectivity index (χ3v) is 1.65. The van der Waals surface area contributed by atoms with Crippen molar-refractivity contribution in [1.82, 2.24) is 0 Å². The van der Waals surface area contributed by atoms with Crippen molar-refractivity contribution in [2.75, 3.05) is 13.9 Å². The first-order valence-corrected chi connectivity index (χ1v) is 4.20. The summed E-state index contributed by atoms with van der Waals surface area (Å²) in [5.41, 5.74) is -1.86. The van der Waals surface area contributed by atoms with Crippen molar-refractivity contribution in [1.29, 1.82) is 0 Å². The van der Waals surface area contributed by atoms with Gasteiger partial charge in [0.05, 0.1) is 6.42 Å². The molecule has 1 unspecified atom stereocenters. The van der Waals surface area contributed by atoms with Crippen molar-refractivity contribution in [3.8, 4) is 0 Å². The van der Waals surface area contributed by atoms with Crippen LogP contribution < -0.4 is 0 Å². The summed E-state index contributed by atoms with van der Waals surface area (Å²) >= 11 is 0. The molecule has 0 aromatic rings. The number of rotatable bonds is 7. The fraction of sp³-hybridized carbons (Fsp3) is 0.556. The van der Waals surface area contributed by atoms with Crippen LogP contribution in [0.1, 0.15) is 13.3 Å². The number of methoxy groups -OCH3 is 1. The highest BCUT2D eigenvalue weighted by atomic mass is 16.7. The molecule has 0 aromatic carbocycles. The van der Waals surface area contributed by atoms with Gasteiger partial charge < -0.3 is 19.7 Å². The molecule has 0 saturated heterocycles. The number of hydrogen-bond donors (Lipinski definition) is 2. The predicted octanol–water partition coefficient (Wildman–Crippen LogP) is 0.481. The Balaban J connectivity index is 4.88. The fourth-order valence-corrected chi connectivity index (χ4v) is 1.02. The second-order valence-corrected chi connectivity index (χ2v) is 2.82. The van der Waals surface area contributed by atoms with E-state index in [1.165, 1.54) is 19.3 Å². The number of hydrogen-bond acceptors (Lipinski definition) is 4. The minimum atomic E-state index is -1.86. The summed E-state index contributed by atoms with van der Waals surface area (Å²) in [7, 11) is 1.32. The monoisotopic (exact) mass is 218 g/mol. The molecule has 0 bridgehead atoms. The van der Waals surface area contributed by atoms with E-state index in [-0.39, 0.29) is 6.79 Å². The van der Waals surface area contributed by atoms with Crippen LogP contribution in [0.3, 0.4) is 0 Å². The van der Waals surface area contributed by atoms with Gasteiger partial charge in [-0.25, -0.2) is 4.79 Å². The second kappa shape index (κ2) is 6.15. The average Bonchev–Trinajstić information content (AvgIpc) is 2.13. The maximum atomic E-state index is 11.0. The Morgan fingerprint density at radius 2 is 2.00 bits per heavy atom. The molecule has 15 heavy (non-hydrogen) atoms. The Kier molecular flexibility index (Phi) is 5.58. The lowest BCUT2D eigenvalue weighted by Gasteiger charge is -2.24. The number of carbonyl (C=O) groups is 2. The Morgan fingerprint density at radius 1 is 1.40 bits per heavy atom. The van der Waals surface area contributed by atoms with Crippen molar-refractivity contribution in [3.05, 3.63) is 12.2 Å². The first-order valence-electron chi connectivity index (χ1n) is 4.20. The third-order valence-electron chi connectivity index (χ3n) is 1.65. The van der Waals surface area contributed by atoms with Crippen LogP contribution in [0.4, 0.5) is 0 Å². The summed E-state index contributed by atoms with van der Waals surface area (Å²) in [4.78, 5) is 21.5. The molecule has 86 valence electrons. The van der Waals surface area contributed by atoms with E-state index >= 15 is 0 Å². The standard InChI is InChI=1S/C9H14O6/c1-3-4-9(8(12)13,5-7(10)11)15-6-14-2/h3-4H,5-6H2,1-2H3,(H,10,11)(H,12,13). The number of aliphatic carboxylic acids is 2. The topological polar surface area (TPSA) is 93.1 Å². The van der Waals surface area contributed by atoms with Gasteiger partial charge in [-0.05, 0) is 13.0 Å². The number of carboxylic acids is 2. The lowest BCUT2D eigenvalue weighted by Crippen LogP contribution is -2.42. The SMILES string of the molecule is CC=CC(CC(=O)O)(OCOC)C(=O)O. The minimum Gasteiger partial charge on any atom is -0.481 e. The first-order chi connectivity index (χ1) is 6.98. The van der Waals surface area contributed by atoms with E-state index in [0.29, 0.717) is 0 Å². The van der Waals surface area contributed by atoms with Crippen LogP contribution in [0.5, 0.6) is 0 Å².